The van der Waals surface area contributed by atoms with E-state index in [1.807, 2.05) is 13.8 Å². The highest BCUT2D eigenvalue weighted by Gasteiger charge is 2.39. The van der Waals surface area contributed by atoms with Gasteiger partial charge in [0.05, 0.1) is 0 Å². The van der Waals surface area contributed by atoms with Gasteiger partial charge in [0.1, 0.15) is 0 Å². The van der Waals surface area contributed by atoms with E-state index < -0.39 is 0 Å². The molecule has 0 radical (unpaired) electrons. The third-order valence-electron chi connectivity index (χ3n) is 3.06. The van der Waals surface area contributed by atoms with E-state index in [9.17, 15) is 0 Å². The minimum Gasteiger partial charge on any atom is -0.305 e. The van der Waals surface area contributed by atoms with Gasteiger partial charge in [0.25, 0.3) is 0 Å². The van der Waals surface area contributed by atoms with Crippen LogP contribution in [-0.4, -0.2) is 25.0 Å². The van der Waals surface area contributed by atoms with Crippen LogP contribution >= 0.6 is 0 Å². The highest BCUT2D eigenvalue weighted by Crippen LogP contribution is 2.40. The van der Waals surface area contributed by atoms with Crippen molar-refractivity contribution in [2.75, 3.05) is 20.1 Å². The molecule has 1 spiro atoms. The van der Waals surface area contributed by atoms with E-state index in [1.54, 1.807) is 0 Å². The first-order valence-electron chi connectivity index (χ1n) is 5.64. The van der Waals surface area contributed by atoms with E-state index in [-0.39, 0.29) is 0 Å². The fraction of sp³-hybridized carbons (Fsp3) is 0.833. The zero-order valence-corrected chi connectivity index (χ0v) is 9.34. The SMILES string of the molecule is CC.CN1CC2(CCC=CCC2)C1. The summed E-state index contributed by atoms with van der Waals surface area (Å²) in [5, 5.41) is 0. The predicted octanol–water partition coefficient (Wildman–Crippen LogP) is 3.07. The summed E-state index contributed by atoms with van der Waals surface area (Å²) in [4.78, 5) is 2.44. The Morgan fingerprint density at radius 1 is 1.00 bits per heavy atom. The molecule has 2 rings (SSSR count). The summed E-state index contributed by atoms with van der Waals surface area (Å²) >= 11 is 0. The van der Waals surface area contributed by atoms with Crippen molar-refractivity contribution in [1.82, 2.24) is 4.90 Å². The van der Waals surface area contributed by atoms with Crippen LogP contribution in [0.15, 0.2) is 12.2 Å². The minimum absolute atomic E-state index is 0.720. The summed E-state index contributed by atoms with van der Waals surface area (Å²) in [6, 6.07) is 0. The van der Waals surface area contributed by atoms with Gasteiger partial charge in [0, 0.05) is 13.1 Å². The maximum absolute atomic E-state index is 2.44. The molecule has 76 valence electrons. The first kappa shape index (κ1) is 10.8. The van der Waals surface area contributed by atoms with Crippen molar-refractivity contribution >= 4 is 0 Å². The van der Waals surface area contributed by atoms with E-state index >= 15 is 0 Å². The fourth-order valence-corrected chi connectivity index (χ4v) is 2.55. The first-order valence-corrected chi connectivity index (χ1v) is 5.64. The van der Waals surface area contributed by atoms with Gasteiger partial charge in [-0.15, -0.1) is 0 Å². The van der Waals surface area contributed by atoms with Crippen LogP contribution in [0.1, 0.15) is 39.5 Å². The number of rotatable bonds is 0. The maximum atomic E-state index is 2.44. The van der Waals surface area contributed by atoms with Crippen LogP contribution in [0, 0.1) is 5.41 Å². The lowest BCUT2D eigenvalue weighted by atomic mass is 9.74. The number of hydrogen-bond acceptors (Lipinski definition) is 1. The molecule has 0 aromatic rings. The Hall–Kier alpha value is -0.300. The van der Waals surface area contributed by atoms with Gasteiger partial charge in [-0.25, -0.2) is 0 Å². The molecule has 1 heterocycles. The molecule has 1 fully saturated rings. The quantitative estimate of drug-likeness (QED) is 0.519. The van der Waals surface area contributed by atoms with Gasteiger partial charge in [-0.2, -0.15) is 0 Å². The Morgan fingerprint density at radius 3 is 1.85 bits per heavy atom. The predicted molar refractivity (Wildman–Crippen MR) is 58.9 cm³/mol. The molecule has 1 nitrogen and oxygen atoms in total. The molecule has 1 saturated heterocycles. The van der Waals surface area contributed by atoms with E-state index in [4.69, 9.17) is 0 Å². The molecule has 0 atom stereocenters. The molecule has 1 aliphatic heterocycles. The Kier molecular flexibility index (Phi) is 3.98. The van der Waals surface area contributed by atoms with Crippen molar-refractivity contribution in [3.8, 4) is 0 Å². The minimum atomic E-state index is 0.720. The number of nitrogens with zero attached hydrogens (tertiary/aromatic N) is 1. The summed E-state index contributed by atoms with van der Waals surface area (Å²) in [7, 11) is 2.23. The normalized spacial score (nSPS) is 25.8. The van der Waals surface area contributed by atoms with E-state index in [1.165, 1.54) is 38.8 Å². The van der Waals surface area contributed by atoms with Gasteiger partial charge in [-0.3, -0.25) is 0 Å². The van der Waals surface area contributed by atoms with Gasteiger partial charge in [0.15, 0.2) is 0 Å². The van der Waals surface area contributed by atoms with Crippen LogP contribution in [0.4, 0.5) is 0 Å². The molecule has 2 aliphatic rings. The molecule has 0 amide bonds. The van der Waals surface area contributed by atoms with Crippen molar-refractivity contribution in [3.63, 3.8) is 0 Å². The average Bonchev–Trinajstić information content (AvgIpc) is 2.33. The second-order valence-corrected chi connectivity index (χ2v) is 4.22. The third kappa shape index (κ3) is 2.57. The second-order valence-electron chi connectivity index (χ2n) is 4.22. The largest absolute Gasteiger partial charge is 0.305 e. The van der Waals surface area contributed by atoms with Crippen LogP contribution in [-0.2, 0) is 0 Å². The molecule has 0 aromatic heterocycles. The summed E-state index contributed by atoms with van der Waals surface area (Å²) < 4.78 is 0. The molecule has 0 bridgehead atoms. The van der Waals surface area contributed by atoms with Crippen LogP contribution in [0.5, 0.6) is 0 Å². The lowest BCUT2D eigenvalue weighted by Gasteiger charge is -2.48. The Labute approximate surface area is 82.8 Å². The molecule has 0 N–H and O–H groups in total. The number of hydrogen-bond donors (Lipinski definition) is 0. The number of likely N-dealkylation sites (tertiary alicyclic amines) is 1. The van der Waals surface area contributed by atoms with Crippen LogP contribution in [0.2, 0.25) is 0 Å². The Balaban J connectivity index is 0.000000396. The van der Waals surface area contributed by atoms with Gasteiger partial charge < -0.3 is 4.90 Å². The zero-order valence-electron chi connectivity index (χ0n) is 9.34. The molecule has 0 saturated carbocycles. The highest BCUT2D eigenvalue weighted by molar-refractivity contribution is 5.00. The molecule has 0 unspecified atom stereocenters. The van der Waals surface area contributed by atoms with Crippen LogP contribution in [0.25, 0.3) is 0 Å². The van der Waals surface area contributed by atoms with Gasteiger partial charge in [0.2, 0.25) is 0 Å². The standard InChI is InChI=1S/C10H17N.C2H6/c1-11-8-10(9-11)6-4-2-3-5-7-10;1-2/h2-3H,4-9H2,1H3;1-2H3. The van der Waals surface area contributed by atoms with Crippen molar-refractivity contribution < 1.29 is 0 Å². The van der Waals surface area contributed by atoms with Crippen LogP contribution in [0.3, 0.4) is 0 Å². The third-order valence-corrected chi connectivity index (χ3v) is 3.06. The van der Waals surface area contributed by atoms with Gasteiger partial charge >= 0.3 is 0 Å². The van der Waals surface area contributed by atoms with Crippen molar-refractivity contribution in [2.45, 2.75) is 39.5 Å². The van der Waals surface area contributed by atoms with Crippen LogP contribution < -0.4 is 0 Å². The van der Waals surface area contributed by atoms with Crippen molar-refractivity contribution in [3.05, 3.63) is 12.2 Å². The zero-order chi connectivity index (χ0) is 9.73. The van der Waals surface area contributed by atoms with E-state index in [0.29, 0.717) is 0 Å². The molecule has 1 heteroatoms. The monoisotopic (exact) mass is 181 g/mol. The van der Waals surface area contributed by atoms with E-state index in [0.717, 1.165) is 5.41 Å². The lowest BCUT2D eigenvalue weighted by Crippen LogP contribution is -2.53. The van der Waals surface area contributed by atoms with Crippen molar-refractivity contribution in [2.24, 2.45) is 5.41 Å². The summed E-state index contributed by atoms with van der Waals surface area (Å²) in [5.74, 6) is 0. The average molecular weight is 181 g/mol. The molecular formula is C12H23N. The molecule has 0 aromatic carbocycles. The number of allylic oxidation sites excluding steroid dienone is 2. The molecule has 1 aliphatic carbocycles. The smallest absolute Gasteiger partial charge is 0.00476 e. The second kappa shape index (κ2) is 4.80. The van der Waals surface area contributed by atoms with Gasteiger partial charge in [-0.05, 0) is 38.1 Å². The summed E-state index contributed by atoms with van der Waals surface area (Å²) in [5.41, 5.74) is 0.720. The topological polar surface area (TPSA) is 3.24 Å². The maximum Gasteiger partial charge on any atom is 0.00476 e. The molecular weight excluding hydrogens is 158 g/mol. The Morgan fingerprint density at radius 2 is 1.46 bits per heavy atom. The van der Waals surface area contributed by atoms with E-state index in [2.05, 4.69) is 24.1 Å². The Bertz CT molecular complexity index is 154. The molecule has 13 heavy (non-hydrogen) atoms. The summed E-state index contributed by atoms with van der Waals surface area (Å²) in [6.07, 6.45) is 10.2. The first-order chi connectivity index (χ1) is 6.31. The lowest BCUT2D eigenvalue weighted by molar-refractivity contribution is 0.0101. The fourth-order valence-electron chi connectivity index (χ4n) is 2.55. The van der Waals surface area contributed by atoms with Crippen molar-refractivity contribution in [1.29, 1.82) is 0 Å². The summed E-state index contributed by atoms with van der Waals surface area (Å²) in [6.45, 7) is 6.68. The highest BCUT2D eigenvalue weighted by atomic mass is 15.2. The van der Waals surface area contributed by atoms with Gasteiger partial charge in [-0.1, -0.05) is 26.0 Å².